The number of nitrogens with one attached hydrogen (secondary N) is 2. The first kappa shape index (κ1) is 6.92. The van der Waals surface area contributed by atoms with Crippen molar-refractivity contribution < 1.29 is 14.7 Å². The average Bonchev–Trinajstić information content (AvgIpc) is 2.29. The molecule has 0 spiro atoms. The minimum atomic E-state index is -1.96. The number of rotatable bonds is 0. The van der Waals surface area contributed by atoms with E-state index in [4.69, 9.17) is 0 Å². The Morgan fingerprint density at radius 3 is 3.00 bits per heavy atom. The van der Waals surface area contributed by atoms with Crippen LogP contribution < -0.4 is 10.6 Å². The number of hydrogen-bond acceptors (Lipinski definition) is 5. The molecule has 7 nitrogen and oxygen atoms in total. The number of aliphatic imine (C=N–C) groups is 2. The highest BCUT2D eigenvalue weighted by molar-refractivity contribution is 6.47. The molecule has 2 heterocycles. The van der Waals surface area contributed by atoms with Crippen LogP contribution in [0.25, 0.3) is 0 Å². The largest absolute Gasteiger partial charge is 0.347 e. The highest BCUT2D eigenvalue weighted by atomic mass is 16.3. The van der Waals surface area contributed by atoms with Crippen LogP contribution >= 0.6 is 0 Å². The molecule has 1 unspecified atom stereocenters. The summed E-state index contributed by atoms with van der Waals surface area (Å²) in [6.07, 6.45) is 1.01. The lowest BCUT2D eigenvalue weighted by molar-refractivity contribution is -0.115. The predicted molar refractivity (Wildman–Crippen MR) is 37.6 cm³/mol. The highest BCUT2D eigenvalue weighted by Crippen LogP contribution is 2.13. The number of hydrogen-bond donors (Lipinski definition) is 3. The molecule has 7 heteroatoms. The van der Waals surface area contributed by atoms with E-state index in [-0.39, 0.29) is 5.71 Å². The molecule has 0 aliphatic carbocycles. The molecule has 1 fully saturated rings. The maximum Gasteiger partial charge on any atom is 0.325 e. The van der Waals surface area contributed by atoms with E-state index in [0.717, 1.165) is 6.34 Å². The van der Waals surface area contributed by atoms with Gasteiger partial charge in [0.2, 0.25) is 0 Å². The van der Waals surface area contributed by atoms with Crippen molar-refractivity contribution in [2.45, 2.75) is 5.85 Å². The molecule has 2 rings (SSSR count). The average molecular weight is 168 g/mol. The van der Waals surface area contributed by atoms with Gasteiger partial charge in [-0.1, -0.05) is 0 Å². The van der Waals surface area contributed by atoms with Crippen LogP contribution in [0.3, 0.4) is 0 Å². The number of aliphatic hydroxyl groups is 1. The molecule has 62 valence electrons. The summed E-state index contributed by atoms with van der Waals surface area (Å²) >= 11 is 0. The Balaban J connectivity index is 2.43. The lowest BCUT2D eigenvalue weighted by Gasteiger charge is -2.26. The first-order valence-electron chi connectivity index (χ1n) is 3.10. The van der Waals surface area contributed by atoms with E-state index in [0.29, 0.717) is 0 Å². The molecule has 0 bridgehead atoms. The lowest BCUT2D eigenvalue weighted by atomic mass is 10.2. The Morgan fingerprint density at radius 2 is 2.25 bits per heavy atom. The standard InChI is InChI=1S/C5H4N4O3/c10-3-2-5(12,7-1-6-2)9-4(11)8-3/h1,12H,(H2,8,9,10,11). The summed E-state index contributed by atoms with van der Waals surface area (Å²) in [4.78, 5) is 28.6. The molecule has 0 aromatic heterocycles. The van der Waals surface area contributed by atoms with Crippen molar-refractivity contribution in [3.63, 3.8) is 0 Å². The molecule has 0 radical (unpaired) electrons. The third-order valence-corrected chi connectivity index (χ3v) is 1.49. The Morgan fingerprint density at radius 1 is 1.50 bits per heavy atom. The molecule has 3 N–H and O–H groups in total. The van der Waals surface area contributed by atoms with Crippen molar-refractivity contribution in [1.29, 1.82) is 0 Å². The Bertz CT molecular complexity index is 334. The van der Waals surface area contributed by atoms with Crippen LogP contribution in [-0.4, -0.2) is 34.9 Å². The normalized spacial score (nSPS) is 32.2. The Hall–Kier alpha value is -1.76. The van der Waals surface area contributed by atoms with E-state index in [1.807, 2.05) is 10.6 Å². The van der Waals surface area contributed by atoms with Gasteiger partial charge in [-0.2, -0.15) is 0 Å². The summed E-state index contributed by atoms with van der Waals surface area (Å²) in [6, 6.07) is -0.791. The first-order valence-corrected chi connectivity index (χ1v) is 3.10. The molecule has 0 aromatic carbocycles. The summed E-state index contributed by atoms with van der Waals surface area (Å²) < 4.78 is 0. The number of nitrogens with zero attached hydrogens (tertiary/aromatic N) is 2. The second-order valence-electron chi connectivity index (χ2n) is 2.30. The topological polar surface area (TPSA) is 103 Å². The van der Waals surface area contributed by atoms with Gasteiger partial charge in [-0.25, -0.2) is 14.8 Å². The van der Waals surface area contributed by atoms with Crippen LogP contribution in [0.5, 0.6) is 0 Å². The van der Waals surface area contributed by atoms with Crippen molar-refractivity contribution in [3.05, 3.63) is 0 Å². The predicted octanol–water partition coefficient (Wildman–Crippen LogP) is -2.05. The third kappa shape index (κ3) is 0.735. The fraction of sp³-hybridized carbons (Fsp3) is 0.200. The molecule has 12 heavy (non-hydrogen) atoms. The van der Waals surface area contributed by atoms with Crippen LogP contribution in [0.2, 0.25) is 0 Å². The summed E-state index contributed by atoms with van der Waals surface area (Å²) in [5.74, 6) is -2.70. The van der Waals surface area contributed by atoms with Gasteiger partial charge in [0.25, 0.3) is 11.8 Å². The van der Waals surface area contributed by atoms with Gasteiger partial charge in [0.1, 0.15) is 6.34 Å². The van der Waals surface area contributed by atoms with Gasteiger partial charge >= 0.3 is 6.03 Å². The fourth-order valence-electron chi connectivity index (χ4n) is 0.982. The smallest absolute Gasteiger partial charge is 0.325 e. The van der Waals surface area contributed by atoms with Crippen molar-refractivity contribution in [3.8, 4) is 0 Å². The minimum Gasteiger partial charge on any atom is -0.347 e. The maximum atomic E-state index is 10.9. The van der Waals surface area contributed by atoms with Gasteiger partial charge in [0.05, 0.1) is 0 Å². The summed E-state index contributed by atoms with van der Waals surface area (Å²) in [6.45, 7) is 0. The minimum absolute atomic E-state index is 0.220. The highest BCUT2D eigenvalue weighted by Gasteiger charge is 2.46. The summed E-state index contributed by atoms with van der Waals surface area (Å²) in [5.41, 5.74) is -0.220. The molecule has 0 aromatic rings. The number of carbonyl (C=O) groups excluding carboxylic acids is 2. The second-order valence-corrected chi connectivity index (χ2v) is 2.30. The van der Waals surface area contributed by atoms with Crippen molar-refractivity contribution in [2.75, 3.05) is 0 Å². The zero-order valence-corrected chi connectivity index (χ0v) is 5.74. The molecule has 0 saturated carbocycles. The van der Waals surface area contributed by atoms with Crippen molar-refractivity contribution in [2.24, 2.45) is 9.98 Å². The van der Waals surface area contributed by atoms with E-state index in [1.54, 1.807) is 0 Å². The van der Waals surface area contributed by atoms with Crippen LogP contribution in [-0.2, 0) is 4.79 Å². The molecule has 2 aliphatic rings. The molecule has 1 saturated heterocycles. The van der Waals surface area contributed by atoms with Gasteiger partial charge in [0, 0.05) is 0 Å². The Kier molecular flexibility index (Phi) is 1.09. The fourth-order valence-corrected chi connectivity index (χ4v) is 0.982. The third-order valence-electron chi connectivity index (χ3n) is 1.49. The van der Waals surface area contributed by atoms with Gasteiger partial charge < -0.3 is 5.11 Å². The number of imide groups is 1. The number of amides is 3. The first-order chi connectivity index (χ1) is 5.62. The summed E-state index contributed by atoms with van der Waals surface area (Å²) in [5, 5.41) is 13.4. The lowest BCUT2D eigenvalue weighted by Crippen LogP contribution is -2.65. The van der Waals surface area contributed by atoms with Crippen LogP contribution in [0.15, 0.2) is 9.98 Å². The van der Waals surface area contributed by atoms with E-state index in [1.165, 1.54) is 0 Å². The Labute approximate surface area is 66.2 Å². The van der Waals surface area contributed by atoms with E-state index < -0.39 is 17.8 Å². The molecular weight excluding hydrogens is 164 g/mol. The molecular formula is C5H4N4O3. The second kappa shape index (κ2) is 1.89. The number of carbonyl (C=O) groups is 2. The number of fused-ring (bicyclic) bond motifs is 1. The zero-order valence-electron chi connectivity index (χ0n) is 5.74. The molecule has 1 atom stereocenters. The van der Waals surface area contributed by atoms with Gasteiger partial charge in [-0.3, -0.25) is 15.4 Å². The van der Waals surface area contributed by atoms with Crippen molar-refractivity contribution >= 4 is 24.0 Å². The quantitative estimate of drug-likeness (QED) is 0.388. The van der Waals surface area contributed by atoms with Crippen LogP contribution in [0.4, 0.5) is 4.79 Å². The molecule has 3 amide bonds. The monoisotopic (exact) mass is 168 g/mol. The van der Waals surface area contributed by atoms with E-state index in [9.17, 15) is 14.7 Å². The van der Waals surface area contributed by atoms with Crippen LogP contribution in [0.1, 0.15) is 0 Å². The van der Waals surface area contributed by atoms with Gasteiger partial charge in [-0.15, -0.1) is 0 Å². The maximum absolute atomic E-state index is 10.9. The van der Waals surface area contributed by atoms with Gasteiger partial charge in [0.15, 0.2) is 5.71 Å². The van der Waals surface area contributed by atoms with Crippen molar-refractivity contribution in [1.82, 2.24) is 10.6 Å². The molecule has 2 aliphatic heterocycles. The van der Waals surface area contributed by atoms with Gasteiger partial charge in [-0.05, 0) is 0 Å². The van der Waals surface area contributed by atoms with E-state index >= 15 is 0 Å². The van der Waals surface area contributed by atoms with E-state index in [2.05, 4.69) is 9.98 Å². The SMILES string of the molecule is O=C1NC(=O)C2=NC=NC2(O)N1. The number of urea groups is 1. The zero-order chi connectivity index (χ0) is 8.77. The van der Waals surface area contributed by atoms with Crippen LogP contribution in [0, 0.1) is 0 Å². The summed E-state index contributed by atoms with van der Waals surface area (Å²) in [7, 11) is 0.